The van der Waals surface area contributed by atoms with Crippen LogP contribution in [0.2, 0.25) is 0 Å². The molecule has 0 bridgehead atoms. The molecule has 1 amide bonds. The summed E-state index contributed by atoms with van der Waals surface area (Å²) >= 11 is 0. The third-order valence-corrected chi connectivity index (χ3v) is 2.96. The summed E-state index contributed by atoms with van der Waals surface area (Å²) in [4.78, 5) is 11.3. The molecule has 14 heavy (non-hydrogen) atoms. The Morgan fingerprint density at radius 1 is 1.43 bits per heavy atom. The predicted molar refractivity (Wildman–Crippen MR) is 53.1 cm³/mol. The number of nitrogens with one attached hydrogen (secondary N) is 2. The van der Waals surface area contributed by atoms with Crippen LogP contribution in [0, 0.1) is 11.8 Å². The zero-order valence-electron chi connectivity index (χ0n) is 8.41. The number of rotatable bonds is 5. The van der Waals surface area contributed by atoms with Crippen molar-refractivity contribution in [2.45, 2.75) is 13.3 Å². The maximum Gasteiger partial charge on any atom is 0.223 e. The van der Waals surface area contributed by atoms with Gasteiger partial charge in [-0.2, -0.15) is 0 Å². The lowest BCUT2D eigenvalue weighted by molar-refractivity contribution is -0.122. The second-order valence-electron chi connectivity index (χ2n) is 3.78. The zero-order chi connectivity index (χ0) is 10.8. The third-order valence-electron chi connectivity index (χ3n) is 2.23. The van der Waals surface area contributed by atoms with Crippen molar-refractivity contribution in [2.75, 3.05) is 19.3 Å². The van der Waals surface area contributed by atoms with E-state index in [9.17, 15) is 13.2 Å². The molecule has 0 saturated heterocycles. The molecule has 6 heteroatoms. The van der Waals surface area contributed by atoms with Crippen molar-refractivity contribution in [1.29, 1.82) is 0 Å². The fraction of sp³-hybridized carbons (Fsp3) is 0.875. The number of carbonyl (C=O) groups is 1. The highest BCUT2D eigenvalue weighted by atomic mass is 32.2. The first-order valence-electron chi connectivity index (χ1n) is 4.62. The molecule has 0 aromatic rings. The fourth-order valence-electron chi connectivity index (χ4n) is 1.24. The molecule has 0 aromatic heterocycles. The first kappa shape index (κ1) is 11.5. The topological polar surface area (TPSA) is 75.3 Å². The molecule has 0 aromatic carbocycles. The third kappa shape index (κ3) is 4.06. The van der Waals surface area contributed by atoms with E-state index in [0.717, 1.165) is 12.7 Å². The first-order valence-corrected chi connectivity index (χ1v) is 6.51. The Bertz CT molecular complexity index is 313. The van der Waals surface area contributed by atoms with Gasteiger partial charge in [-0.05, 0) is 12.3 Å². The van der Waals surface area contributed by atoms with Crippen LogP contribution in [0.3, 0.4) is 0 Å². The Morgan fingerprint density at radius 2 is 2.00 bits per heavy atom. The molecule has 1 rings (SSSR count). The minimum Gasteiger partial charge on any atom is -0.355 e. The van der Waals surface area contributed by atoms with Crippen molar-refractivity contribution >= 4 is 15.9 Å². The predicted octanol–water partition coefficient (Wildman–Crippen LogP) is -0.692. The van der Waals surface area contributed by atoms with Crippen molar-refractivity contribution in [1.82, 2.24) is 10.0 Å². The van der Waals surface area contributed by atoms with Gasteiger partial charge in [0.05, 0.1) is 6.26 Å². The Balaban J connectivity index is 2.07. The van der Waals surface area contributed by atoms with Crippen LogP contribution in [-0.4, -0.2) is 33.7 Å². The highest BCUT2D eigenvalue weighted by molar-refractivity contribution is 7.88. The molecule has 2 atom stereocenters. The second kappa shape index (κ2) is 4.27. The largest absolute Gasteiger partial charge is 0.355 e. The lowest BCUT2D eigenvalue weighted by atomic mass is 10.3. The molecule has 82 valence electrons. The van der Waals surface area contributed by atoms with Crippen molar-refractivity contribution in [3.63, 3.8) is 0 Å². The number of sulfonamides is 1. The van der Waals surface area contributed by atoms with Crippen LogP contribution >= 0.6 is 0 Å². The molecule has 0 spiro atoms. The quantitative estimate of drug-likeness (QED) is 0.602. The van der Waals surface area contributed by atoms with Crippen molar-refractivity contribution < 1.29 is 13.2 Å². The summed E-state index contributed by atoms with van der Waals surface area (Å²) in [5, 5.41) is 2.68. The van der Waals surface area contributed by atoms with Crippen LogP contribution < -0.4 is 10.0 Å². The molecular formula is C8H16N2O3S. The fourth-order valence-corrected chi connectivity index (χ4v) is 1.71. The van der Waals surface area contributed by atoms with E-state index in [2.05, 4.69) is 10.0 Å². The van der Waals surface area contributed by atoms with E-state index in [4.69, 9.17) is 0 Å². The molecule has 0 heterocycles. The van der Waals surface area contributed by atoms with Gasteiger partial charge in [0.1, 0.15) is 0 Å². The SMILES string of the molecule is C[C@@H]1C[C@@H]1C(=O)NCCNS(C)(=O)=O. The standard InChI is InChI=1S/C8H16N2O3S/c1-6-5-7(6)8(11)9-3-4-10-14(2,12)13/h6-7,10H,3-5H2,1-2H3,(H,9,11)/t6-,7+/m1/s1. The highest BCUT2D eigenvalue weighted by Gasteiger charge is 2.38. The van der Waals surface area contributed by atoms with Crippen LogP contribution in [0.5, 0.6) is 0 Å². The van der Waals surface area contributed by atoms with Crippen LogP contribution in [0.4, 0.5) is 0 Å². The Morgan fingerprint density at radius 3 is 2.43 bits per heavy atom. The van der Waals surface area contributed by atoms with Gasteiger partial charge in [0.15, 0.2) is 0 Å². The van der Waals surface area contributed by atoms with E-state index in [1.807, 2.05) is 6.92 Å². The molecule has 1 fully saturated rings. The van der Waals surface area contributed by atoms with Gasteiger partial charge < -0.3 is 5.32 Å². The Labute approximate surface area is 84.3 Å². The van der Waals surface area contributed by atoms with Crippen LogP contribution in [0.1, 0.15) is 13.3 Å². The summed E-state index contributed by atoms with van der Waals surface area (Å²) in [6, 6.07) is 0. The van der Waals surface area contributed by atoms with Gasteiger partial charge in [-0.3, -0.25) is 4.79 Å². The van der Waals surface area contributed by atoms with Crippen molar-refractivity contribution in [3.8, 4) is 0 Å². The summed E-state index contributed by atoms with van der Waals surface area (Å²) in [6.07, 6.45) is 2.04. The monoisotopic (exact) mass is 220 g/mol. The normalized spacial score (nSPS) is 25.9. The molecular weight excluding hydrogens is 204 g/mol. The van der Waals surface area contributed by atoms with E-state index >= 15 is 0 Å². The average Bonchev–Trinajstić information content (AvgIpc) is 2.74. The van der Waals surface area contributed by atoms with Crippen LogP contribution in [0.15, 0.2) is 0 Å². The Kier molecular flexibility index (Phi) is 3.49. The van der Waals surface area contributed by atoms with Gasteiger partial charge in [-0.1, -0.05) is 6.92 Å². The van der Waals surface area contributed by atoms with Crippen molar-refractivity contribution in [2.24, 2.45) is 11.8 Å². The maximum absolute atomic E-state index is 11.3. The lowest BCUT2D eigenvalue weighted by Crippen LogP contribution is -2.35. The zero-order valence-corrected chi connectivity index (χ0v) is 9.23. The minimum absolute atomic E-state index is 0.0350. The van der Waals surface area contributed by atoms with E-state index < -0.39 is 10.0 Å². The summed E-state index contributed by atoms with van der Waals surface area (Å²) in [5.41, 5.74) is 0. The van der Waals surface area contributed by atoms with E-state index in [1.54, 1.807) is 0 Å². The van der Waals surface area contributed by atoms with Crippen LogP contribution in [0.25, 0.3) is 0 Å². The van der Waals surface area contributed by atoms with E-state index in [0.29, 0.717) is 12.5 Å². The maximum atomic E-state index is 11.3. The molecule has 1 saturated carbocycles. The Hall–Kier alpha value is -0.620. The van der Waals surface area contributed by atoms with E-state index in [1.165, 1.54) is 0 Å². The van der Waals surface area contributed by atoms with Gasteiger partial charge in [0, 0.05) is 19.0 Å². The number of carbonyl (C=O) groups excluding carboxylic acids is 1. The van der Waals surface area contributed by atoms with Gasteiger partial charge in [-0.15, -0.1) is 0 Å². The molecule has 1 aliphatic rings. The molecule has 5 nitrogen and oxygen atoms in total. The summed E-state index contributed by atoms with van der Waals surface area (Å²) in [6.45, 7) is 2.64. The molecule has 0 radical (unpaired) electrons. The molecule has 2 N–H and O–H groups in total. The number of amides is 1. The number of hydrogen-bond acceptors (Lipinski definition) is 3. The van der Waals surface area contributed by atoms with Crippen LogP contribution in [-0.2, 0) is 14.8 Å². The van der Waals surface area contributed by atoms with Gasteiger partial charge in [-0.25, -0.2) is 13.1 Å². The van der Waals surface area contributed by atoms with Gasteiger partial charge >= 0.3 is 0 Å². The average molecular weight is 220 g/mol. The molecule has 0 unspecified atom stereocenters. The molecule has 1 aliphatic carbocycles. The first-order chi connectivity index (χ1) is 6.40. The summed E-state index contributed by atoms with van der Waals surface area (Å²) in [5.74, 6) is 0.666. The van der Waals surface area contributed by atoms with E-state index in [-0.39, 0.29) is 18.4 Å². The van der Waals surface area contributed by atoms with Crippen molar-refractivity contribution in [3.05, 3.63) is 0 Å². The number of hydrogen-bond donors (Lipinski definition) is 2. The summed E-state index contributed by atoms with van der Waals surface area (Å²) in [7, 11) is -3.14. The highest BCUT2D eigenvalue weighted by Crippen LogP contribution is 2.37. The van der Waals surface area contributed by atoms with Gasteiger partial charge in [0.25, 0.3) is 0 Å². The minimum atomic E-state index is -3.14. The lowest BCUT2D eigenvalue weighted by Gasteiger charge is -2.04. The van der Waals surface area contributed by atoms with Gasteiger partial charge in [0.2, 0.25) is 15.9 Å². The molecule has 0 aliphatic heterocycles. The summed E-state index contributed by atoms with van der Waals surface area (Å²) < 4.78 is 23.6. The second-order valence-corrected chi connectivity index (χ2v) is 5.61. The smallest absolute Gasteiger partial charge is 0.223 e.